The Hall–Kier alpha value is -1.96. The number of sulfonamides is 1. The van der Waals surface area contributed by atoms with Gasteiger partial charge in [-0.2, -0.15) is 4.31 Å². The van der Waals surface area contributed by atoms with Crippen LogP contribution in [-0.2, 0) is 14.8 Å². The maximum atomic E-state index is 12.8. The van der Waals surface area contributed by atoms with Crippen molar-refractivity contribution in [3.05, 3.63) is 42.5 Å². The molecule has 0 aliphatic carbocycles. The predicted molar refractivity (Wildman–Crippen MR) is 83.2 cm³/mol. The third-order valence-electron chi connectivity index (χ3n) is 3.98. The molecule has 22 heavy (non-hydrogen) atoms. The summed E-state index contributed by atoms with van der Waals surface area (Å²) in [6.07, 6.45) is 1.13. The van der Waals surface area contributed by atoms with Crippen LogP contribution in [0.5, 0.6) is 0 Å². The highest BCUT2D eigenvalue weighted by Gasteiger charge is 2.39. The van der Waals surface area contributed by atoms with Gasteiger partial charge >= 0.3 is 0 Å². The maximum absolute atomic E-state index is 12.8. The third kappa shape index (κ3) is 2.47. The fraction of sp³-hybridized carbons (Fsp3) is 0.267. The molecular weight excluding hydrogens is 302 g/mol. The molecule has 1 amide bonds. The molecule has 0 saturated carbocycles. The Morgan fingerprint density at radius 1 is 1.18 bits per heavy atom. The van der Waals surface area contributed by atoms with E-state index in [1.165, 1.54) is 4.31 Å². The van der Waals surface area contributed by atoms with Crippen LogP contribution < -0.4 is 11.3 Å². The molecule has 1 atom stereocenters. The lowest BCUT2D eigenvalue weighted by molar-refractivity contribution is -0.124. The van der Waals surface area contributed by atoms with Crippen molar-refractivity contribution in [1.82, 2.24) is 9.73 Å². The number of nitrogens with one attached hydrogen (secondary N) is 1. The molecule has 1 unspecified atom stereocenters. The van der Waals surface area contributed by atoms with Gasteiger partial charge < -0.3 is 0 Å². The van der Waals surface area contributed by atoms with Gasteiger partial charge in [-0.05, 0) is 35.7 Å². The molecule has 1 aliphatic heterocycles. The number of nitrogens with zero attached hydrogens (tertiary/aromatic N) is 1. The van der Waals surface area contributed by atoms with Crippen LogP contribution in [0.15, 0.2) is 47.4 Å². The van der Waals surface area contributed by atoms with E-state index in [2.05, 4.69) is 0 Å². The Bertz CT molecular complexity index is 820. The fourth-order valence-corrected chi connectivity index (χ4v) is 4.54. The molecule has 3 N–H and O–H groups in total. The van der Waals surface area contributed by atoms with Crippen LogP contribution in [0.1, 0.15) is 12.8 Å². The van der Waals surface area contributed by atoms with Crippen molar-refractivity contribution in [3.63, 3.8) is 0 Å². The van der Waals surface area contributed by atoms with E-state index in [1.54, 1.807) is 18.2 Å². The zero-order valence-corrected chi connectivity index (χ0v) is 12.7. The van der Waals surface area contributed by atoms with E-state index in [0.29, 0.717) is 19.4 Å². The minimum atomic E-state index is -3.72. The van der Waals surface area contributed by atoms with Gasteiger partial charge in [0, 0.05) is 6.54 Å². The minimum absolute atomic E-state index is 0.197. The summed E-state index contributed by atoms with van der Waals surface area (Å²) in [5.74, 6) is 4.68. The van der Waals surface area contributed by atoms with Gasteiger partial charge in [-0.15, -0.1) is 0 Å². The standard InChI is InChI=1S/C15H17N3O3S/c16-17-15(19)14-6-3-9-18(14)22(20,21)13-8-7-11-4-1-2-5-12(11)10-13/h1-2,4-5,7-8,10,14H,3,6,9,16H2,(H,17,19). The van der Waals surface area contributed by atoms with Gasteiger partial charge in [0.25, 0.3) is 5.91 Å². The normalized spacial score (nSPS) is 19.4. The van der Waals surface area contributed by atoms with Crippen LogP contribution in [0, 0.1) is 0 Å². The van der Waals surface area contributed by atoms with Gasteiger partial charge in [0.15, 0.2) is 0 Å². The molecule has 1 heterocycles. The Kier molecular flexibility index (Phi) is 3.86. The van der Waals surface area contributed by atoms with Crippen molar-refractivity contribution in [1.29, 1.82) is 0 Å². The minimum Gasteiger partial charge on any atom is -0.293 e. The number of carbonyl (C=O) groups excluding carboxylic acids is 1. The quantitative estimate of drug-likeness (QED) is 0.501. The van der Waals surface area contributed by atoms with Crippen molar-refractivity contribution in [3.8, 4) is 0 Å². The number of nitrogens with two attached hydrogens (primary N) is 1. The maximum Gasteiger partial charge on any atom is 0.252 e. The average Bonchev–Trinajstić information content (AvgIpc) is 3.04. The predicted octanol–water partition coefficient (Wildman–Crippen LogP) is 0.983. The first-order chi connectivity index (χ1) is 10.5. The molecule has 0 radical (unpaired) electrons. The summed E-state index contributed by atoms with van der Waals surface area (Å²) < 4.78 is 26.9. The Morgan fingerprint density at radius 2 is 1.91 bits per heavy atom. The number of hydrogen-bond acceptors (Lipinski definition) is 4. The van der Waals surface area contributed by atoms with Crippen LogP contribution in [0.3, 0.4) is 0 Å². The van der Waals surface area contributed by atoms with Crippen molar-refractivity contribution >= 4 is 26.7 Å². The number of hydrazine groups is 1. The second-order valence-electron chi connectivity index (χ2n) is 5.29. The first-order valence-corrected chi connectivity index (χ1v) is 8.49. The van der Waals surface area contributed by atoms with Crippen LogP contribution in [0.4, 0.5) is 0 Å². The van der Waals surface area contributed by atoms with E-state index < -0.39 is 22.0 Å². The van der Waals surface area contributed by atoms with E-state index in [1.807, 2.05) is 29.7 Å². The van der Waals surface area contributed by atoms with Gasteiger partial charge in [0.2, 0.25) is 10.0 Å². The van der Waals surface area contributed by atoms with E-state index in [9.17, 15) is 13.2 Å². The number of fused-ring (bicyclic) bond motifs is 1. The highest BCUT2D eigenvalue weighted by atomic mass is 32.2. The molecule has 2 aromatic rings. The van der Waals surface area contributed by atoms with Gasteiger partial charge in [-0.1, -0.05) is 30.3 Å². The molecule has 1 aliphatic rings. The van der Waals surface area contributed by atoms with E-state index >= 15 is 0 Å². The second kappa shape index (κ2) is 5.68. The molecule has 6 nitrogen and oxygen atoms in total. The second-order valence-corrected chi connectivity index (χ2v) is 7.18. The summed E-state index contributed by atoms with van der Waals surface area (Å²) >= 11 is 0. The van der Waals surface area contributed by atoms with Crippen molar-refractivity contribution in [2.24, 2.45) is 5.84 Å². The van der Waals surface area contributed by atoms with Crippen molar-refractivity contribution in [2.75, 3.05) is 6.54 Å². The van der Waals surface area contributed by atoms with Gasteiger partial charge in [0.05, 0.1) is 4.90 Å². The monoisotopic (exact) mass is 319 g/mol. The van der Waals surface area contributed by atoms with E-state index in [-0.39, 0.29) is 4.90 Å². The largest absolute Gasteiger partial charge is 0.293 e. The lowest BCUT2D eigenvalue weighted by Gasteiger charge is -2.22. The summed E-state index contributed by atoms with van der Waals surface area (Å²) in [5, 5.41) is 1.82. The van der Waals surface area contributed by atoms with E-state index in [4.69, 9.17) is 5.84 Å². The van der Waals surface area contributed by atoms with Gasteiger partial charge in [0.1, 0.15) is 6.04 Å². The van der Waals surface area contributed by atoms with Crippen LogP contribution in [-0.4, -0.2) is 31.2 Å². The molecule has 0 spiro atoms. The van der Waals surface area contributed by atoms with E-state index in [0.717, 1.165) is 10.8 Å². The molecule has 116 valence electrons. The number of rotatable bonds is 3. The Morgan fingerprint density at radius 3 is 2.64 bits per heavy atom. The SMILES string of the molecule is NNC(=O)C1CCCN1S(=O)(=O)c1ccc2ccccc2c1. The van der Waals surface area contributed by atoms with Crippen LogP contribution in [0.25, 0.3) is 10.8 Å². The van der Waals surface area contributed by atoms with Gasteiger partial charge in [-0.3, -0.25) is 10.2 Å². The topological polar surface area (TPSA) is 92.5 Å². The molecule has 0 bridgehead atoms. The van der Waals surface area contributed by atoms with Gasteiger partial charge in [-0.25, -0.2) is 14.3 Å². The average molecular weight is 319 g/mol. The fourth-order valence-electron chi connectivity index (χ4n) is 2.85. The summed E-state index contributed by atoms with van der Waals surface area (Å²) in [5.41, 5.74) is 2.05. The zero-order valence-electron chi connectivity index (χ0n) is 11.9. The summed E-state index contributed by atoms with van der Waals surface area (Å²) in [4.78, 5) is 12.0. The number of benzene rings is 2. The molecule has 7 heteroatoms. The molecule has 1 fully saturated rings. The zero-order chi connectivity index (χ0) is 15.7. The van der Waals surface area contributed by atoms with Crippen molar-refractivity contribution < 1.29 is 13.2 Å². The number of amides is 1. The molecule has 2 aromatic carbocycles. The third-order valence-corrected chi connectivity index (χ3v) is 5.88. The molecule has 0 aromatic heterocycles. The molecular formula is C15H17N3O3S. The first kappa shape index (κ1) is 15.0. The summed E-state index contributed by atoms with van der Waals surface area (Å²) in [6.45, 7) is 0.327. The number of hydrogen-bond donors (Lipinski definition) is 2. The Labute approximate surface area is 128 Å². The first-order valence-electron chi connectivity index (χ1n) is 7.05. The van der Waals surface area contributed by atoms with Crippen molar-refractivity contribution in [2.45, 2.75) is 23.8 Å². The summed E-state index contributed by atoms with van der Waals surface area (Å²) in [7, 11) is -3.72. The Balaban J connectivity index is 2.02. The summed E-state index contributed by atoms with van der Waals surface area (Å²) in [6, 6.07) is 11.8. The van der Waals surface area contributed by atoms with Crippen LogP contribution in [0.2, 0.25) is 0 Å². The number of carbonyl (C=O) groups is 1. The smallest absolute Gasteiger partial charge is 0.252 e. The highest BCUT2D eigenvalue weighted by molar-refractivity contribution is 7.89. The molecule has 1 saturated heterocycles. The lowest BCUT2D eigenvalue weighted by atomic mass is 10.1. The lowest BCUT2D eigenvalue weighted by Crippen LogP contribution is -2.47. The molecule has 3 rings (SSSR count). The highest BCUT2D eigenvalue weighted by Crippen LogP contribution is 2.28. The van der Waals surface area contributed by atoms with Crippen LogP contribution >= 0.6 is 0 Å².